The minimum absolute atomic E-state index is 0.617. The monoisotopic (exact) mass is 301 g/mol. The quantitative estimate of drug-likeness (QED) is 0.527. The first-order valence-electron chi connectivity index (χ1n) is 8.98. The van der Waals surface area contributed by atoms with Crippen LogP contribution in [0.15, 0.2) is 0 Å². The Labute approximate surface area is 135 Å². The van der Waals surface area contributed by atoms with Gasteiger partial charge in [-0.25, -0.2) is 0 Å². The zero-order valence-electron chi connectivity index (χ0n) is 16.8. The molecule has 130 valence electrons. The molecule has 0 aromatic carbocycles. The summed E-state index contributed by atoms with van der Waals surface area (Å²) >= 11 is 0. The SMILES string of the molecule is CC.CC.CC.CC1CC2(CCC2(C)C)CN1C.CC=O. The Balaban J connectivity index is -0.000000308. The van der Waals surface area contributed by atoms with E-state index in [2.05, 4.69) is 32.7 Å². The largest absolute Gasteiger partial charge is 0.304 e. The smallest absolute Gasteiger partial charge is 0.116 e. The van der Waals surface area contributed by atoms with Crippen molar-refractivity contribution >= 4 is 6.29 Å². The maximum absolute atomic E-state index is 8.81. The van der Waals surface area contributed by atoms with E-state index in [1.165, 1.54) is 32.7 Å². The molecule has 0 aromatic rings. The van der Waals surface area contributed by atoms with Crippen molar-refractivity contribution < 1.29 is 4.79 Å². The summed E-state index contributed by atoms with van der Waals surface area (Å²) in [5.41, 5.74) is 1.30. The molecule has 1 heterocycles. The summed E-state index contributed by atoms with van der Waals surface area (Å²) < 4.78 is 0. The molecule has 0 bridgehead atoms. The number of carbonyl (C=O) groups excluding carboxylic acids is 1. The van der Waals surface area contributed by atoms with Crippen LogP contribution < -0.4 is 0 Å². The molecule has 21 heavy (non-hydrogen) atoms. The molecule has 1 aliphatic carbocycles. The van der Waals surface area contributed by atoms with Crippen LogP contribution in [0.4, 0.5) is 0 Å². The molecule has 2 atom stereocenters. The molecule has 2 unspecified atom stereocenters. The maximum atomic E-state index is 8.81. The van der Waals surface area contributed by atoms with Crippen molar-refractivity contribution in [2.24, 2.45) is 10.8 Å². The molecule has 2 aliphatic rings. The summed E-state index contributed by atoms with van der Waals surface area (Å²) in [4.78, 5) is 11.3. The third-order valence-electron chi connectivity index (χ3n) is 4.65. The van der Waals surface area contributed by atoms with Gasteiger partial charge in [0.05, 0.1) is 0 Å². The van der Waals surface area contributed by atoms with Gasteiger partial charge < -0.3 is 9.69 Å². The fourth-order valence-corrected chi connectivity index (χ4v) is 3.07. The minimum Gasteiger partial charge on any atom is -0.304 e. The second-order valence-electron chi connectivity index (χ2n) is 5.87. The predicted molar refractivity (Wildman–Crippen MR) is 97.9 cm³/mol. The van der Waals surface area contributed by atoms with E-state index in [4.69, 9.17) is 4.79 Å². The summed E-state index contributed by atoms with van der Waals surface area (Å²) in [5, 5.41) is 0. The first kappa shape index (κ1) is 25.6. The first-order valence-corrected chi connectivity index (χ1v) is 8.98. The van der Waals surface area contributed by atoms with Crippen LogP contribution in [0.5, 0.6) is 0 Å². The van der Waals surface area contributed by atoms with Gasteiger partial charge in [0, 0.05) is 12.6 Å². The molecule has 2 fully saturated rings. The fraction of sp³-hybridized carbons (Fsp3) is 0.947. The lowest BCUT2D eigenvalue weighted by molar-refractivity contribution is -0.106. The highest BCUT2D eigenvalue weighted by atomic mass is 16.1. The van der Waals surface area contributed by atoms with Gasteiger partial charge in [-0.05, 0) is 51.0 Å². The molecule has 2 nitrogen and oxygen atoms in total. The molecule has 2 rings (SSSR count). The van der Waals surface area contributed by atoms with E-state index in [1.807, 2.05) is 41.5 Å². The Morgan fingerprint density at radius 3 is 1.48 bits per heavy atom. The molecule has 1 aliphatic heterocycles. The van der Waals surface area contributed by atoms with Crippen LogP contribution >= 0.6 is 0 Å². The fourth-order valence-electron chi connectivity index (χ4n) is 3.07. The van der Waals surface area contributed by atoms with E-state index in [9.17, 15) is 0 Å². The number of hydrogen-bond donors (Lipinski definition) is 0. The topological polar surface area (TPSA) is 20.3 Å². The lowest BCUT2D eigenvalue weighted by Gasteiger charge is -2.54. The van der Waals surface area contributed by atoms with Gasteiger partial charge in [0.25, 0.3) is 0 Å². The summed E-state index contributed by atoms with van der Waals surface area (Å²) in [5.74, 6) is 0. The molecule has 0 amide bonds. The maximum Gasteiger partial charge on any atom is 0.116 e. The van der Waals surface area contributed by atoms with Gasteiger partial charge in [0.15, 0.2) is 0 Å². The Kier molecular flexibility index (Phi) is 16.2. The van der Waals surface area contributed by atoms with Crippen LogP contribution in [0.3, 0.4) is 0 Å². The van der Waals surface area contributed by atoms with Gasteiger partial charge in [-0.15, -0.1) is 0 Å². The third kappa shape index (κ3) is 6.95. The molecule has 1 saturated heterocycles. The van der Waals surface area contributed by atoms with E-state index in [-0.39, 0.29) is 0 Å². The van der Waals surface area contributed by atoms with Crippen molar-refractivity contribution in [2.75, 3.05) is 13.6 Å². The number of nitrogens with zero attached hydrogens (tertiary/aromatic N) is 1. The lowest BCUT2D eigenvalue weighted by Crippen LogP contribution is -2.48. The van der Waals surface area contributed by atoms with Gasteiger partial charge in [-0.2, -0.15) is 0 Å². The average molecular weight is 302 g/mol. The summed E-state index contributed by atoms with van der Waals surface area (Å²) in [6.45, 7) is 22.0. The molecule has 1 spiro atoms. The summed E-state index contributed by atoms with van der Waals surface area (Å²) in [6.07, 6.45) is 5.08. The second kappa shape index (κ2) is 13.3. The van der Waals surface area contributed by atoms with Crippen LogP contribution in [0.1, 0.15) is 88.5 Å². The number of likely N-dealkylation sites (tertiary alicyclic amines) is 1. The average Bonchev–Trinajstić information content (AvgIpc) is 2.83. The second-order valence-corrected chi connectivity index (χ2v) is 5.87. The van der Waals surface area contributed by atoms with Crippen LogP contribution in [0, 0.1) is 10.8 Å². The van der Waals surface area contributed by atoms with Gasteiger partial charge >= 0.3 is 0 Å². The van der Waals surface area contributed by atoms with E-state index >= 15 is 0 Å². The van der Waals surface area contributed by atoms with Crippen LogP contribution in [0.2, 0.25) is 0 Å². The third-order valence-corrected chi connectivity index (χ3v) is 4.65. The zero-order chi connectivity index (χ0) is 17.7. The van der Waals surface area contributed by atoms with Crippen molar-refractivity contribution in [3.05, 3.63) is 0 Å². The highest BCUT2D eigenvalue weighted by Gasteiger charge is 2.56. The molecular weight excluding hydrogens is 258 g/mol. The van der Waals surface area contributed by atoms with Crippen LogP contribution in [-0.2, 0) is 4.79 Å². The standard InChI is InChI=1S/C11H21N.C2H4O.3C2H6/c1-9-7-11(8-12(9)4)6-5-10(11,2)3;1-2-3;3*1-2/h9H,5-8H2,1-4H3;2H,1H3;3*1-2H3. The van der Waals surface area contributed by atoms with Crippen molar-refractivity contribution in [1.82, 2.24) is 4.90 Å². The van der Waals surface area contributed by atoms with Crippen LogP contribution in [0.25, 0.3) is 0 Å². The highest BCUT2D eigenvalue weighted by molar-refractivity contribution is 5.44. The zero-order valence-corrected chi connectivity index (χ0v) is 16.8. The Hall–Kier alpha value is -0.370. The summed E-state index contributed by atoms with van der Waals surface area (Å²) in [7, 11) is 2.27. The molecular formula is C19H43NO. The first-order chi connectivity index (χ1) is 9.88. The van der Waals surface area contributed by atoms with Crippen molar-refractivity contribution in [3.8, 4) is 0 Å². The molecule has 0 aromatic heterocycles. The van der Waals surface area contributed by atoms with Crippen molar-refractivity contribution in [1.29, 1.82) is 0 Å². The van der Waals surface area contributed by atoms with E-state index < -0.39 is 0 Å². The van der Waals surface area contributed by atoms with Crippen molar-refractivity contribution in [3.63, 3.8) is 0 Å². The van der Waals surface area contributed by atoms with E-state index in [0.717, 1.165) is 12.3 Å². The molecule has 0 radical (unpaired) electrons. The van der Waals surface area contributed by atoms with Gasteiger partial charge in [-0.3, -0.25) is 0 Å². The Bertz CT molecular complexity index is 226. The van der Waals surface area contributed by atoms with Gasteiger partial charge in [0.1, 0.15) is 6.29 Å². The number of aldehydes is 1. The van der Waals surface area contributed by atoms with Gasteiger partial charge in [-0.1, -0.05) is 55.4 Å². The van der Waals surface area contributed by atoms with E-state index in [1.54, 1.807) is 0 Å². The number of rotatable bonds is 0. The predicted octanol–water partition coefficient (Wildman–Crippen LogP) is 5.80. The minimum atomic E-state index is 0.617. The van der Waals surface area contributed by atoms with E-state index in [0.29, 0.717) is 10.8 Å². The van der Waals surface area contributed by atoms with Crippen molar-refractivity contribution in [2.45, 2.75) is 94.5 Å². The Morgan fingerprint density at radius 1 is 1.00 bits per heavy atom. The number of carbonyl (C=O) groups is 1. The highest BCUT2D eigenvalue weighted by Crippen LogP contribution is 2.61. The Morgan fingerprint density at radius 2 is 1.38 bits per heavy atom. The molecule has 1 saturated carbocycles. The molecule has 2 heteroatoms. The summed E-state index contributed by atoms with van der Waals surface area (Å²) in [6, 6.07) is 0.810. The normalized spacial score (nSPS) is 28.0. The van der Waals surface area contributed by atoms with Gasteiger partial charge in [0.2, 0.25) is 0 Å². The lowest BCUT2D eigenvalue weighted by atomic mass is 9.50. The number of hydrogen-bond acceptors (Lipinski definition) is 2. The van der Waals surface area contributed by atoms with Crippen LogP contribution in [-0.4, -0.2) is 30.8 Å². The molecule has 0 N–H and O–H groups in total.